The highest BCUT2D eigenvalue weighted by molar-refractivity contribution is 7.88. The largest absolute Gasteiger partial charge is 0.534 e. The highest BCUT2D eigenvalue weighted by Gasteiger charge is 2.48. The summed E-state index contributed by atoms with van der Waals surface area (Å²) in [4.78, 5) is 14.5. The Morgan fingerprint density at radius 1 is 1.12 bits per heavy atom. The SMILES string of the molecule is COc1cccc(CN(C)CCCNC(=O)C(C)c2ccc(OS(=O)(=O)C(F)(F)F)cc2)c1. The number of alkyl halides is 3. The Labute approximate surface area is 191 Å². The van der Waals surface area contributed by atoms with E-state index in [2.05, 4.69) is 14.4 Å². The van der Waals surface area contributed by atoms with Gasteiger partial charge in [0.25, 0.3) is 0 Å². The summed E-state index contributed by atoms with van der Waals surface area (Å²) in [6.07, 6.45) is 0.723. The van der Waals surface area contributed by atoms with Crippen molar-refractivity contribution < 1.29 is 35.3 Å². The summed E-state index contributed by atoms with van der Waals surface area (Å²) >= 11 is 0. The molecule has 1 atom stereocenters. The first-order chi connectivity index (χ1) is 15.4. The molecular weight excluding hydrogens is 461 g/mol. The van der Waals surface area contributed by atoms with Crippen LogP contribution in [0.4, 0.5) is 13.2 Å². The predicted molar refractivity (Wildman–Crippen MR) is 117 cm³/mol. The number of nitrogens with zero attached hydrogens (tertiary/aromatic N) is 1. The lowest BCUT2D eigenvalue weighted by atomic mass is 10.0. The molecule has 33 heavy (non-hydrogen) atoms. The van der Waals surface area contributed by atoms with Gasteiger partial charge >= 0.3 is 15.6 Å². The number of hydrogen-bond donors (Lipinski definition) is 1. The molecular formula is C22H27F3N2O5S. The molecule has 0 aliphatic carbocycles. The smallest absolute Gasteiger partial charge is 0.497 e. The maximum atomic E-state index is 12.4. The lowest BCUT2D eigenvalue weighted by Crippen LogP contribution is -2.31. The van der Waals surface area contributed by atoms with E-state index >= 15 is 0 Å². The minimum atomic E-state index is -5.74. The van der Waals surface area contributed by atoms with Gasteiger partial charge in [-0.15, -0.1) is 0 Å². The lowest BCUT2D eigenvalue weighted by molar-refractivity contribution is -0.122. The number of carbonyl (C=O) groups is 1. The quantitative estimate of drug-likeness (QED) is 0.295. The van der Waals surface area contributed by atoms with Crippen LogP contribution in [0.5, 0.6) is 11.5 Å². The molecule has 0 spiro atoms. The van der Waals surface area contributed by atoms with Gasteiger partial charge in [-0.25, -0.2) is 0 Å². The number of methoxy groups -OCH3 is 1. The number of carbonyl (C=O) groups excluding carboxylic acids is 1. The molecule has 0 heterocycles. The molecule has 0 saturated heterocycles. The Hall–Kier alpha value is -2.79. The van der Waals surface area contributed by atoms with Crippen molar-refractivity contribution in [2.24, 2.45) is 0 Å². The summed E-state index contributed by atoms with van der Waals surface area (Å²) in [5.74, 6) is -0.513. The van der Waals surface area contributed by atoms with Gasteiger partial charge in [0.15, 0.2) is 0 Å². The molecule has 2 aromatic rings. The summed E-state index contributed by atoms with van der Waals surface area (Å²) < 4.78 is 68.6. The summed E-state index contributed by atoms with van der Waals surface area (Å²) in [5, 5.41) is 2.83. The minimum absolute atomic E-state index is 0.248. The predicted octanol–water partition coefficient (Wildman–Crippen LogP) is 3.67. The minimum Gasteiger partial charge on any atom is -0.497 e. The fourth-order valence-corrected chi connectivity index (χ4v) is 3.47. The van der Waals surface area contributed by atoms with Crippen molar-refractivity contribution in [2.45, 2.75) is 31.3 Å². The Morgan fingerprint density at radius 3 is 2.39 bits per heavy atom. The number of ether oxygens (including phenoxy) is 1. The zero-order valence-corrected chi connectivity index (χ0v) is 19.4. The average molecular weight is 489 g/mol. The highest BCUT2D eigenvalue weighted by atomic mass is 32.2. The second kappa shape index (κ2) is 11.4. The van der Waals surface area contributed by atoms with Crippen molar-refractivity contribution in [1.29, 1.82) is 0 Å². The van der Waals surface area contributed by atoms with E-state index < -0.39 is 27.3 Å². The second-order valence-corrected chi connectivity index (χ2v) is 9.05. The van der Waals surface area contributed by atoms with E-state index in [1.165, 1.54) is 12.1 Å². The summed E-state index contributed by atoms with van der Waals surface area (Å²) in [6, 6.07) is 12.7. The van der Waals surface area contributed by atoms with Crippen LogP contribution in [0.3, 0.4) is 0 Å². The molecule has 2 aromatic carbocycles. The van der Waals surface area contributed by atoms with Crippen molar-refractivity contribution in [3.63, 3.8) is 0 Å². The summed E-state index contributed by atoms with van der Waals surface area (Å²) in [5.41, 5.74) is -3.88. The van der Waals surface area contributed by atoms with Crippen LogP contribution in [0.1, 0.15) is 30.4 Å². The van der Waals surface area contributed by atoms with Gasteiger partial charge in [0, 0.05) is 13.1 Å². The van der Waals surface area contributed by atoms with Gasteiger partial charge in [0.1, 0.15) is 11.5 Å². The molecule has 2 rings (SSSR count). The van der Waals surface area contributed by atoms with E-state index in [-0.39, 0.29) is 5.91 Å². The van der Waals surface area contributed by atoms with Crippen molar-refractivity contribution in [3.05, 3.63) is 59.7 Å². The van der Waals surface area contributed by atoms with Gasteiger partial charge in [0.05, 0.1) is 13.0 Å². The first-order valence-electron chi connectivity index (χ1n) is 10.1. The van der Waals surface area contributed by atoms with Gasteiger partial charge in [-0.2, -0.15) is 21.6 Å². The number of benzene rings is 2. The lowest BCUT2D eigenvalue weighted by Gasteiger charge is -2.18. The second-order valence-electron chi connectivity index (χ2n) is 7.51. The van der Waals surface area contributed by atoms with Crippen molar-refractivity contribution in [1.82, 2.24) is 10.2 Å². The topological polar surface area (TPSA) is 84.9 Å². The van der Waals surface area contributed by atoms with E-state index in [1.54, 1.807) is 14.0 Å². The average Bonchev–Trinajstić information content (AvgIpc) is 2.75. The van der Waals surface area contributed by atoms with Gasteiger partial charge in [0.2, 0.25) is 5.91 Å². The number of nitrogens with one attached hydrogen (secondary N) is 1. The Kier molecular flexibility index (Phi) is 9.12. The molecule has 182 valence electrons. The molecule has 0 bridgehead atoms. The van der Waals surface area contributed by atoms with Crippen LogP contribution in [0.25, 0.3) is 0 Å². The van der Waals surface area contributed by atoms with Crippen LogP contribution >= 0.6 is 0 Å². The maximum Gasteiger partial charge on any atom is 0.534 e. The first kappa shape index (κ1) is 26.5. The molecule has 7 nitrogen and oxygen atoms in total. The van der Waals surface area contributed by atoms with Gasteiger partial charge < -0.3 is 19.1 Å². The van der Waals surface area contributed by atoms with E-state index in [4.69, 9.17) is 4.74 Å². The number of hydrogen-bond acceptors (Lipinski definition) is 6. The molecule has 1 amide bonds. The summed E-state index contributed by atoms with van der Waals surface area (Å²) in [7, 11) is -2.14. The van der Waals surface area contributed by atoms with Crippen LogP contribution in [0, 0.1) is 0 Å². The molecule has 0 radical (unpaired) electrons. The summed E-state index contributed by atoms with van der Waals surface area (Å²) in [6.45, 7) is 3.59. The molecule has 0 aliphatic rings. The van der Waals surface area contributed by atoms with E-state index in [0.29, 0.717) is 12.1 Å². The van der Waals surface area contributed by atoms with E-state index in [1.807, 2.05) is 31.3 Å². The number of halogens is 3. The normalized spacial score (nSPS) is 12.9. The van der Waals surface area contributed by atoms with Crippen LogP contribution in [0.2, 0.25) is 0 Å². The van der Waals surface area contributed by atoms with Crippen LogP contribution < -0.4 is 14.2 Å². The Bertz CT molecular complexity index is 1030. The monoisotopic (exact) mass is 488 g/mol. The maximum absolute atomic E-state index is 12.4. The van der Waals surface area contributed by atoms with Crippen molar-refractivity contribution in [3.8, 4) is 11.5 Å². The fourth-order valence-electron chi connectivity index (χ4n) is 3.01. The molecule has 1 unspecified atom stereocenters. The first-order valence-corrected chi connectivity index (χ1v) is 11.5. The van der Waals surface area contributed by atoms with E-state index in [0.717, 1.165) is 43.0 Å². The zero-order chi connectivity index (χ0) is 24.6. The molecule has 0 saturated carbocycles. The fraction of sp³-hybridized carbons (Fsp3) is 0.409. The van der Waals surface area contributed by atoms with Crippen LogP contribution in [0.15, 0.2) is 48.5 Å². The highest BCUT2D eigenvalue weighted by Crippen LogP contribution is 2.28. The molecule has 0 fully saturated rings. The Morgan fingerprint density at radius 2 is 1.79 bits per heavy atom. The van der Waals surface area contributed by atoms with E-state index in [9.17, 15) is 26.4 Å². The molecule has 0 aromatic heterocycles. The van der Waals surface area contributed by atoms with Gasteiger partial charge in [-0.1, -0.05) is 24.3 Å². The van der Waals surface area contributed by atoms with Gasteiger partial charge in [-0.05, 0) is 62.3 Å². The van der Waals surface area contributed by atoms with Crippen molar-refractivity contribution >= 4 is 16.0 Å². The third-order valence-corrected chi connectivity index (χ3v) is 5.84. The van der Waals surface area contributed by atoms with Crippen LogP contribution in [-0.4, -0.2) is 52.0 Å². The standard InChI is InChI=1S/C22H27F3N2O5S/c1-16(18-8-10-19(11-9-18)32-33(29,30)22(23,24)25)21(28)26-12-5-13-27(2)15-17-6-4-7-20(14-17)31-3/h4,6-11,14,16H,5,12-13,15H2,1-3H3,(H,26,28). The van der Waals surface area contributed by atoms with Gasteiger partial charge in [-0.3, -0.25) is 4.79 Å². The zero-order valence-electron chi connectivity index (χ0n) is 18.6. The molecule has 11 heteroatoms. The number of rotatable bonds is 11. The molecule has 0 aliphatic heterocycles. The Balaban J connectivity index is 1.78. The third kappa shape index (κ3) is 7.93. The number of amides is 1. The third-order valence-electron chi connectivity index (χ3n) is 4.87. The van der Waals surface area contributed by atoms with Crippen molar-refractivity contribution in [2.75, 3.05) is 27.2 Å². The van der Waals surface area contributed by atoms with Crippen LogP contribution in [-0.2, 0) is 21.5 Å². The molecule has 1 N–H and O–H groups in total.